The van der Waals surface area contributed by atoms with Crippen LogP contribution in [0.15, 0.2) is 80.6 Å². The lowest BCUT2D eigenvalue weighted by Crippen LogP contribution is -2.14. The van der Waals surface area contributed by atoms with Gasteiger partial charge in [0.05, 0.1) is 0 Å². The van der Waals surface area contributed by atoms with Crippen molar-refractivity contribution >= 4 is 29.4 Å². The largest absolute Gasteiger partial charge is 0.450 e. The number of rotatable bonds is 5. The lowest BCUT2D eigenvalue weighted by molar-refractivity contribution is -0.112. The molecule has 0 saturated carbocycles. The smallest absolute Gasteiger partial charge is 0.266 e. The van der Waals surface area contributed by atoms with Gasteiger partial charge in [0.25, 0.3) is 5.91 Å². The minimum absolute atomic E-state index is 0.0125. The molecule has 0 saturated heterocycles. The molecular formula is C22H18N2O2S. The molecule has 134 valence electrons. The first-order chi connectivity index (χ1) is 13.0. The van der Waals surface area contributed by atoms with Crippen molar-refractivity contribution in [3.8, 4) is 6.07 Å². The standard InChI is InChI=1S/C22H18N2O2S/c1-15-8-9-16(2)20(12-15)24-22(25)17(14-23)13-18-10-11-21(26-18)27-19-6-4-3-5-7-19/h3-13H,1-2H3,(H,24,25)/b17-13+. The summed E-state index contributed by atoms with van der Waals surface area (Å²) >= 11 is 1.48. The van der Waals surface area contributed by atoms with E-state index in [-0.39, 0.29) is 5.57 Å². The zero-order valence-electron chi connectivity index (χ0n) is 15.0. The van der Waals surface area contributed by atoms with Gasteiger partial charge in [-0.2, -0.15) is 5.26 Å². The number of nitrogens with zero attached hydrogens (tertiary/aromatic N) is 1. The highest BCUT2D eigenvalue weighted by Gasteiger charge is 2.12. The van der Waals surface area contributed by atoms with Crippen molar-refractivity contribution in [1.29, 1.82) is 5.26 Å². The highest BCUT2D eigenvalue weighted by Crippen LogP contribution is 2.29. The normalized spacial score (nSPS) is 11.1. The van der Waals surface area contributed by atoms with Crippen molar-refractivity contribution in [2.45, 2.75) is 23.8 Å². The topological polar surface area (TPSA) is 66.0 Å². The Morgan fingerprint density at radius 2 is 1.89 bits per heavy atom. The third kappa shape index (κ3) is 4.90. The number of anilines is 1. The molecule has 1 aromatic heterocycles. The molecule has 0 atom stereocenters. The van der Waals surface area contributed by atoms with Crippen LogP contribution in [0.5, 0.6) is 0 Å². The Bertz CT molecular complexity index is 1030. The Hall–Kier alpha value is -3.23. The van der Waals surface area contributed by atoms with Gasteiger partial charge in [-0.1, -0.05) is 42.1 Å². The maximum absolute atomic E-state index is 12.5. The van der Waals surface area contributed by atoms with Crippen molar-refractivity contribution in [3.63, 3.8) is 0 Å². The summed E-state index contributed by atoms with van der Waals surface area (Å²) in [4.78, 5) is 13.5. The zero-order chi connectivity index (χ0) is 19.2. The monoisotopic (exact) mass is 374 g/mol. The molecule has 0 aliphatic rings. The van der Waals surface area contributed by atoms with Crippen LogP contribution in [-0.4, -0.2) is 5.91 Å². The minimum atomic E-state index is -0.458. The Morgan fingerprint density at radius 3 is 2.63 bits per heavy atom. The molecule has 1 heterocycles. The van der Waals surface area contributed by atoms with Gasteiger partial charge in [0.1, 0.15) is 17.4 Å². The van der Waals surface area contributed by atoms with E-state index in [1.165, 1.54) is 17.8 Å². The second-order valence-electron chi connectivity index (χ2n) is 6.01. The summed E-state index contributed by atoms with van der Waals surface area (Å²) in [5, 5.41) is 12.9. The SMILES string of the molecule is Cc1ccc(C)c(NC(=O)/C(C#N)=C/c2ccc(Sc3ccccc3)o2)c1. The summed E-state index contributed by atoms with van der Waals surface area (Å²) in [5.74, 6) is 0.000887. The molecule has 27 heavy (non-hydrogen) atoms. The molecule has 0 bridgehead atoms. The zero-order valence-corrected chi connectivity index (χ0v) is 15.8. The number of hydrogen-bond donors (Lipinski definition) is 1. The molecule has 0 aliphatic heterocycles. The van der Waals surface area contributed by atoms with Crippen LogP contribution in [0.4, 0.5) is 5.69 Å². The van der Waals surface area contributed by atoms with Gasteiger partial charge in [-0.15, -0.1) is 0 Å². The van der Waals surface area contributed by atoms with E-state index in [0.29, 0.717) is 16.5 Å². The number of carbonyl (C=O) groups excluding carboxylic acids is 1. The third-order valence-electron chi connectivity index (χ3n) is 3.86. The second-order valence-corrected chi connectivity index (χ2v) is 7.09. The summed E-state index contributed by atoms with van der Waals surface area (Å²) in [7, 11) is 0. The van der Waals surface area contributed by atoms with E-state index in [9.17, 15) is 10.1 Å². The van der Waals surface area contributed by atoms with E-state index >= 15 is 0 Å². The Kier molecular flexibility index (Phi) is 5.80. The van der Waals surface area contributed by atoms with Crippen molar-refractivity contribution in [2.24, 2.45) is 0 Å². The number of furan rings is 1. The predicted octanol–water partition coefficient (Wildman–Crippen LogP) is 5.59. The molecular weight excluding hydrogens is 356 g/mol. The fourth-order valence-corrected chi connectivity index (χ4v) is 3.22. The molecule has 2 aromatic carbocycles. The molecule has 4 nitrogen and oxygen atoms in total. The molecule has 5 heteroatoms. The van der Waals surface area contributed by atoms with Crippen molar-refractivity contribution in [2.75, 3.05) is 5.32 Å². The van der Waals surface area contributed by atoms with Gasteiger partial charge in [-0.25, -0.2) is 0 Å². The first-order valence-corrected chi connectivity index (χ1v) is 9.20. The van der Waals surface area contributed by atoms with Crippen LogP contribution in [0, 0.1) is 25.2 Å². The van der Waals surface area contributed by atoms with Gasteiger partial charge in [-0.3, -0.25) is 4.79 Å². The maximum Gasteiger partial charge on any atom is 0.266 e. The van der Waals surface area contributed by atoms with Gasteiger partial charge in [-0.05, 0) is 55.3 Å². The third-order valence-corrected chi connectivity index (χ3v) is 4.79. The highest BCUT2D eigenvalue weighted by atomic mass is 32.2. The summed E-state index contributed by atoms with van der Waals surface area (Å²) < 4.78 is 5.72. The van der Waals surface area contributed by atoms with Crippen LogP contribution in [0.25, 0.3) is 6.08 Å². The summed E-state index contributed by atoms with van der Waals surface area (Å²) in [5.41, 5.74) is 2.65. The second kappa shape index (κ2) is 8.43. The van der Waals surface area contributed by atoms with E-state index in [2.05, 4.69) is 5.32 Å². The number of nitriles is 1. The van der Waals surface area contributed by atoms with Crippen LogP contribution in [0.3, 0.4) is 0 Å². The maximum atomic E-state index is 12.5. The Morgan fingerprint density at radius 1 is 1.11 bits per heavy atom. The van der Waals surface area contributed by atoms with Crippen LogP contribution >= 0.6 is 11.8 Å². The average molecular weight is 374 g/mol. The number of carbonyl (C=O) groups is 1. The minimum Gasteiger partial charge on any atom is -0.450 e. The van der Waals surface area contributed by atoms with Gasteiger partial charge >= 0.3 is 0 Å². The number of benzene rings is 2. The van der Waals surface area contributed by atoms with Crippen molar-refractivity contribution in [3.05, 3.63) is 83.1 Å². The van der Waals surface area contributed by atoms with E-state index in [0.717, 1.165) is 16.0 Å². The first kappa shape index (κ1) is 18.6. The molecule has 0 aliphatic carbocycles. The Balaban J connectivity index is 1.75. The molecule has 1 N–H and O–H groups in total. The molecule has 3 aromatic rings. The number of nitrogens with one attached hydrogen (secondary N) is 1. The van der Waals surface area contributed by atoms with Gasteiger partial charge < -0.3 is 9.73 Å². The Labute approximate surface area is 162 Å². The summed E-state index contributed by atoms with van der Waals surface area (Å²) in [6, 6.07) is 21.1. The van der Waals surface area contributed by atoms with Gasteiger partial charge in [0.2, 0.25) is 0 Å². The lowest BCUT2D eigenvalue weighted by Gasteiger charge is -2.08. The molecule has 3 rings (SSSR count). The fourth-order valence-electron chi connectivity index (χ4n) is 2.42. The van der Waals surface area contributed by atoms with Crippen molar-refractivity contribution < 1.29 is 9.21 Å². The van der Waals surface area contributed by atoms with Crippen molar-refractivity contribution in [1.82, 2.24) is 0 Å². The molecule has 0 fully saturated rings. The summed E-state index contributed by atoms with van der Waals surface area (Å²) in [6.45, 7) is 3.86. The molecule has 0 radical (unpaired) electrons. The van der Waals surface area contributed by atoms with Crippen LogP contribution in [-0.2, 0) is 4.79 Å². The lowest BCUT2D eigenvalue weighted by atomic mass is 10.1. The molecule has 0 unspecified atom stereocenters. The number of aryl methyl sites for hydroxylation is 2. The van der Waals surface area contributed by atoms with E-state index in [1.54, 1.807) is 6.07 Å². The average Bonchev–Trinajstić information content (AvgIpc) is 3.10. The van der Waals surface area contributed by atoms with Crippen LogP contribution in [0.1, 0.15) is 16.9 Å². The number of amides is 1. The molecule has 0 spiro atoms. The summed E-state index contributed by atoms with van der Waals surface area (Å²) in [6.07, 6.45) is 1.45. The fraction of sp³-hybridized carbons (Fsp3) is 0.0909. The van der Waals surface area contributed by atoms with Crippen LogP contribution < -0.4 is 5.32 Å². The van der Waals surface area contributed by atoms with Gasteiger partial charge in [0.15, 0.2) is 5.09 Å². The van der Waals surface area contributed by atoms with Gasteiger partial charge in [0, 0.05) is 16.7 Å². The predicted molar refractivity (Wildman–Crippen MR) is 107 cm³/mol. The number of hydrogen-bond acceptors (Lipinski definition) is 4. The first-order valence-electron chi connectivity index (χ1n) is 8.38. The quantitative estimate of drug-likeness (QED) is 0.467. The molecule has 1 amide bonds. The van der Waals surface area contributed by atoms with E-state index in [4.69, 9.17) is 4.42 Å². The van der Waals surface area contributed by atoms with E-state index < -0.39 is 5.91 Å². The highest BCUT2D eigenvalue weighted by molar-refractivity contribution is 7.99. The van der Waals surface area contributed by atoms with E-state index in [1.807, 2.05) is 74.5 Å². The van der Waals surface area contributed by atoms with Crippen LogP contribution in [0.2, 0.25) is 0 Å².